The molecule has 0 spiro atoms. The summed E-state index contributed by atoms with van der Waals surface area (Å²) in [5.41, 5.74) is 0.435. The molecule has 0 aliphatic carbocycles. The van der Waals surface area contributed by atoms with Crippen LogP contribution in [0.25, 0.3) is 0 Å². The van der Waals surface area contributed by atoms with Crippen molar-refractivity contribution < 1.29 is 14.6 Å². The van der Waals surface area contributed by atoms with Gasteiger partial charge in [-0.2, -0.15) is 0 Å². The van der Waals surface area contributed by atoms with Gasteiger partial charge in [0.1, 0.15) is 0 Å². The van der Waals surface area contributed by atoms with Gasteiger partial charge in [0, 0.05) is 6.42 Å². The monoisotopic (exact) mass is 224 g/mol. The van der Waals surface area contributed by atoms with Crippen LogP contribution < -0.4 is 9.47 Å². The zero-order valence-electron chi connectivity index (χ0n) is 10.4. The zero-order chi connectivity index (χ0) is 12.2. The molecule has 3 nitrogen and oxygen atoms in total. The first kappa shape index (κ1) is 12.8. The van der Waals surface area contributed by atoms with Crippen molar-refractivity contribution >= 4 is 0 Å². The molecule has 0 amide bonds. The molecule has 0 aliphatic rings. The highest BCUT2D eigenvalue weighted by Crippen LogP contribution is 2.28. The molecule has 0 radical (unpaired) electrons. The Balaban J connectivity index is 2.60. The summed E-state index contributed by atoms with van der Waals surface area (Å²) in [6.07, 6.45) is 0.587. The Morgan fingerprint density at radius 3 is 2.50 bits per heavy atom. The van der Waals surface area contributed by atoms with E-state index in [0.29, 0.717) is 13.0 Å². The second kappa shape index (κ2) is 5.21. The van der Waals surface area contributed by atoms with Gasteiger partial charge in [0.05, 0.1) is 19.3 Å². The maximum Gasteiger partial charge on any atom is 0.161 e. The van der Waals surface area contributed by atoms with Crippen LogP contribution in [-0.2, 0) is 0 Å². The Morgan fingerprint density at radius 1 is 1.25 bits per heavy atom. The predicted molar refractivity (Wildman–Crippen MR) is 64.1 cm³/mol. The summed E-state index contributed by atoms with van der Waals surface area (Å²) >= 11 is 0. The molecule has 0 atom stereocenters. The molecule has 90 valence electrons. The summed E-state index contributed by atoms with van der Waals surface area (Å²) in [5.74, 6) is 1.45. The highest BCUT2D eigenvalue weighted by Gasteiger charge is 2.13. The molecule has 1 N–H and O–H groups in total. The van der Waals surface area contributed by atoms with E-state index in [-0.39, 0.29) is 0 Å². The fourth-order valence-corrected chi connectivity index (χ4v) is 1.30. The van der Waals surface area contributed by atoms with Gasteiger partial charge in [0.15, 0.2) is 11.5 Å². The molecular weight excluding hydrogens is 204 g/mol. The minimum absolute atomic E-state index is 0.475. The van der Waals surface area contributed by atoms with Gasteiger partial charge < -0.3 is 14.6 Å². The van der Waals surface area contributed by atoms with Crippen molar-refractivity contribution in [3.05, 3.63) is 23.8 Å². The normalized spacial score (nSPS) is 11.3. The molecule has 0 unspecified atom stereocenters. The van der Waals surface area contributed by atoms with Crippen molar-refractivity contribution in [1.29, 1.82) is 0 Å². The van der Waals surface area contributed by atoms with Crippen LogP contribution in [0.15, 0.2) is 18.2 Å². The Morgan fingerprint density at radius 2 is 1.94 bits per heavy atom. The molecule has 0 fully saturated rings. The fourth-order valence-electron chi connectivity index (χ4n) is 1.30. The van der Waals surface area contributed by atoms with Crippen LogP contribution in [-0.4, -0.2) is 24.4 Å². The third-order valence-electron chi connectivity index (χ3n) is 2.29. The first-order valence-corrected chi connectivity index (χ1v) is 5.42. The summed E-state index contributed by atoms with van der Waals surface area (Å²) in [6, 6.07) is 5.79. The molecule has 16 heavy (non-hydrogen) atoms. The minimum Gasteiger partial charge on any atom is -0.493 e. The van der Waals surface area contributed by atoms with Gasteiger partial charge in [-0.25, -0.2) is 0 Å². The van der Waals surface area contributed by atoms with E-state index in [0.717, 1.165) is 17.1 Å². The van der Waals surface area contributed by atoms with Crippen LogP contribution in [0.5, 0.6) is 11.5 Å². The second-order valence-electron chi connectivity index (χ2n) is 4.57. The van der Waals surface area contributed by atoms with E-state index in [4.69, 9.17) is 9.47 Å². The summed E-state index contributed by atoms with van der Waals surface area (Å²) in [5, 5.41) is 9.56. The molecule has 0 saturated carbocycles. The third-order valence-corrected chi connectivity index (χ3v) is 2.29. The van der Waals surface area contributed by atoms with E-state index >= 15 is 0 Å². The molecule has 3 heteroatoms. The van der Waals surface area contributed by atoms with Crippen LogP contribution in [0.2, 0.25) is 0 Å². The molecule has 1 rings (SSSR count). The van der Waals surface area contributed by atoms with Crippen molar-refractivity contribution in [2.24, 2.45) is 0 Å². The Bertz CT molecular complexity index is 340. The maximum atomic E-state index is 9.56. The van der Waals surface area contributed by atoms with E-state index in [1.807, 2.05) is 25.1 Å². The highest BCUT2D eigenvalue weighted by molar-refractivity contribution is 5.42. The molecular formula is C13H20O3. The van der Waals surface area contributed by atoms with Crippen molar-refractivity contribution in [1.82, 2.24) is 0 Å². The van der Waals surface area contributed by atoms with Crippen LogP contribution in [0.1, 0.15) is 25.8 Å². The lowest BCUT2D eigenvalue weighted by atomic mass is 10.1. The van der Waals surface area contributed by atoms with Gasteiger partial charge >= 0.3 is 0 Å². The number of benzene rings is 1. The first-order valence-electron chi connectivity index (χ1n) is 5.42. The average Bonchev–Trinajstić information content (AvgIpc) is 2.18. The third kappa shape index (κ3) is 4.11. The Hall–Kier alpha value is -1.22. The topological polar surface area (TPSA) is 38.7 Å². The lowest BCUT2D eigenvalue weighted by Gasteiger charge is -2.18. The summed E-state index contributed by atoms with van der Waals surface area (Å²) in [7, 11) is 1.62. The van der Waals surface area contributed by atoms with E-state index in [1.54, 1.807) is 21.0 Å². The number of methoxy groups -OCH3 is 1. The minimum atomic E-state index is -0.696. The molecule has 0 heterocycles. The standard InChI is InChI=1S/C13H20O3/c1-10-5-6-11(12(9-10)15-4)16-8-7-13(2,3)14/h5-6,9,14H,7-8H2,1-4H3. The van der Waals surface area contributed by atoms with Gasteiger partial charge in [-0.1, -0.05) is 6.07 Å². The van der Waals surface area contributed by atoms with Crippen molar-refractivity contribution in [2.45, 2.75) is 32.8 Å². The summed E-state index contributed by atoms with van der Waals surface area (Å²) < 4.78 is 10.8. The van der Waals surface area contributed by atoms with Crippen LogP contribution >= 0.6 is 0 Å². The SMILES string of the molecule is COc1cc(C)ccc1OCCC(C)(C)O. The molecule has 0 saturated heterocycles. The number of aliphatic hydroxyl groups is 1. The largest absolute Gasteiger partial charge is 0.493 e. The number of aryl methyl sites for hydroxylation is 1. The second-order valence-corrected chi connectivity index (χ2v) is 4.57. The summed E-state index contributed by atoms with van der Waals surface area (Å²) in [4.78, 5) is 0. The Kier molecular flexibility index (Phi) is 4.19. The molecule has 0 aromatic heterocycles. The molecule has 0 bridgehead atoms. The van der Waals surface area contributed by atoms with Gasteiger partial charge in [0.2, 0.25) is 0 Å². The molecule has 0 aliphatic heterocycles. The zero-order valence-corrected chi connectivity index (χ0v) is 10.4. The average molecular weight is 224 g/mol. The molecule has 1 aromatic carbocycles. The number of hydrogen-bond donors (Lipinski definition) is 1. The van der Waals surface area contributed by atoms with Crippen molar-refractivity contribution in [3.63, 3.8) is 0 Å². The quantitative estimate of drug-likeness (QED) is 0.835. The maximum absolute atomic E-state index is 9.56. The van der Waals surface area contributed by atoms with Crippen LogP contribution in [0, 0.1) is 6.92 Å². The van der Waals surface area contributed by atoms with Gasteiger partial charge in [-0.15, -0.1) is 0 Å². The lowest BCUT2D eigenvalue weighted by Crippen LogP contribution is -2.21. The fraction of sp³-hybridized carbons (Fsp3) is 0.538. The summed E-state index contributed by atoms with van der Waals surface area (Å²) in [6.45, 7) is 6.01. The number of rotatable bonds is 5. The van der Waals surface area contributed by atoms with E-state index < -0.39 is 5.60 Å². The van der Waals surface area contributed by atoms with Crippen molar-refractivity contribution in [3.8, 4) is 11.5 Å². The first-order chi connectivity index (χ1) is 7.42. The lowest BCUT2D eigenvalue weighted by molar-refractivity contribution is 0.0549. The van der Waals surface area contributed by atoms with Crippen molar-refractivity contribution in [2.75, 3.05) is 13.7 Å². The molecule has 1 aromatic rings. The van der Waals surface area contributed by atoms with Gasteiger partial charge in [0.25, 0.3) is 0 Å². The number of ether oxygens (including phenoxy) is 2. The van der Waals surface area contributed by atoms with E-state index in [9.17, 15) is 5.11 Å². The number of hydrogen-bond acceptors (Lipinski definition) is 3. The van der Waals surface area contributed by atoms with Crippen LogP contribution in [0.3, 0.4) is 0 Å². The van der Waals surface area contributed by atoms with Crippen LogP contribution in [0.4, 0.5) is 0 Å². The van der Waals surface area contributed by atoms with Gasteiger partial charge in [-0.3, -0.25) is 0 Å². The highest BCUT2D eigenvalue weighted by atomic mass is 16.5. The van der Waals surface area contributed by atoms with E-state index in [1.165, 1.54) is 0 Å². The predicted octanol–water partition coefficient (Wildman–Crippen LogP) is 2.54. The van der Waals surface area contributed by atoms with E-state index in [2.05, 4.69) is 0 Å². The smallest absolute Gasteiger partial charge is 0.161 e. The van der Waals surface area contributed by atoms with Gasteiger partial charge in [-0.05, 0) is 38.5 Å². The Labute approximate surface area is 97.0 Å².